The van der Waals surface area contributed by atoms with E-state index >= 15 is 0 Å². The molecule has 0 aliphatic rings. The molecule has 0 aliphatic carbocycles. The number of hydrogen-bond donors (Lipinski definition) is 5. The first kappa shape index (κ1) is 30.7. The Kier molecular flexibility index (Phi) is 9.96. The van der Waals surface area contributed by atoms with Crippen LogP contribution in [0.4, 0.5) is 18.9 Å². The predicted molar refractivity (Wildman–Crippen MR) is 128 cm³/mol. The number of nitrogens with one attached hydrogen (secondary N) is 4. The zero-order valence-electron chi connectivity index (χ0n) is 19.1. The number of anilines is 1. The lowest BCUT2D eigenvalue weighted by Gasteiger charge is -2.19. The SMILES string of the molecule is CC(C(=O)NCCONC(=N)N)c1ccc(NS(=O)(=O)c2cc(Cl)ccc2Cl)c(=O)n1OC(=O)C(F)(F)F. The van der Waals surface area contributed by atoms with Crippen LogP contribution in [0.1, 0.15) is 18.5 Å². The molecule has 13 nitrogen and oxygen atoms in total. The summed E-state index contributed by atoms with van der Waals surface area (Å²) >= 11 is 11.7. The Morgan fingerprint density at radius 3 is 2.47 bits per heavy atom. The van der Waals surface area contributed by atoms with Crippen molar-refractivity contribution in [3.05, 3.63) is 56.4 Å². The molecule has 1 amide bonds. The minimum atomic E-state index is -5.53. The number of carbonyl (C=O) groups excluding carboxylic acids is 2. The topological polar surface area (TPSA) is 195 Å². The third-order valence-corrected chi connectivity index (χ3v) is 6.51. The van der Waals surface area contributed by atoms with E-state index in [1.165, 1.54) is 13.0 Å². The molecule has 38 heavy (non-hydrogen) atoms. The summed E-state index contributed by atoms with van der Waals surface area (Å²) in [4.78, 5) is 45.3. The molecule has 1 aromatic heterocycles. The van der Waals surface area contributed by atoms with Crippen molar-refractivity contribution in [3.63, 3.8) is 0 Å². The smallest absolute Gasteiger partial charge is 0.368 e. The number of guanidine groups is 1. The first-order valence-electron chi connectivity index (χ1n) is 10.1. The van der Waals surface area contributed by atoms with Crippen molar-refractivity contribution in [1.29, 1.82) is 5.41 Å². The van der Waals surface area contributed by atoms with Crippen molar-refractivity contribution in [1.82, 2.24) is 15.5 Å². The fourth-order valence-electron chi connectivity index (χ4n) is 2.69. The van der Waals surface area contributed by atoms with Crippen LogP contribution >= 0.6 is 23.2 Å². The van der Waals surface area contributed by atoms with Gasteiger partial charge in [0.2, 0.25) is 11.9 Å². The maximum Gasteiger partial charge on any atom is 0.493 e. The molecule has 1 heterocycles. The van der Waals surface area contributed by atoms with Gasteiger partial charge in [-0.05, 0) is 37.3 Å². The highest BCUT2D eigenvalue weighted by molar-refractivity contribution is 7.92. The Labute approximate surface area is 222 Å². The number of hydroxylamine groups is 1. The van der Waals surface area contributed by atoms with Crippen LogP contribution in [0.3, 0.4) is 0 Å². The average molecular weight is 603 g/mol. The Morgan fingerprint density at radius 1 is 1.21 bits per heavy atom. The van der Waals surface area contributed by atoms with Gasteiger partial charge >= 0.3 is 17.7 Å². The summed E-state index contributed by atoms with van der Waals surface area (Å²) in [7, 11) is -4.60. The molecule has 0 saturated heterocycles. The molecule has 0 spiro atoms. The molecule has 2 rings (SSSR count). The summed E-state index contributed by atoms with van der Waals surface area (Å²) in [5.74, 6) is -5.55. The Hall–Kier alpha value is -3.54. The van der Waals surface area contributed by atoms with Gasteiger partial charge in [-0.1, -0.05) is 23.2 Å². The Bertz CT molecular complexity index is 1400. The highest BCUT2D eigenvalue weighted by atomic mass is 35.5. The normalized spacial score (nSPS) is 12.4. The lowest BCUT2D eigenvalue weighted by atomic mass is 10.1. The second-order valence-corrected chi connectivity index (χ2v) is 9.70. The van der Waals surface area contributed by atoms with Crippen molar-refractivity contribution in [2.75, 3.05) is 17.9 Å². The van der Waals surface area contributed by atoms with E-state index in [9.17, 15) is 36.0 Å². The van der Waals surface area contributed by atoms with Crippen LogP contribution in [-0.4, -0.2) is 50.3 Å². The fraction of sp³-hybridized carbons (Fsp3) is 0.263. The minimum absolute atomic E-state index is 0.0241. The van der Waals surface area contributed by atoms with Gasteiger partial charge in [0.15, 0.2) is 0 Å². The summed E-state index contributed by atoms with van der Waals surface area (Å²) in [6, 6.07) is 5.17. The Morgan fingerprint density at radius 2 is 1.87 bits per heavy atom. The lowest BCUT2D eigenvalue weighted by molar-refractivity contribution is -0.200. The molecular weight excluding hydrogens is 584 g/mol. The lowest BCUT2D eigenvalue weighted by Crippen LogP contribution is -2.42. The number of sulfonamides is 1. The van der Waals surface area contributed by atoms with Gasteiger partial charge in [0.05, 0.1) is 23.2 Å². The van der Waals surface area contributed by atoms with Crippen LogP contribution in [0.5, 0.6) is 0 Å². The molecule has 208 valence electrons. The second kappa shape index (κ2) is 12.3. The van der Waals surface area contributed by atoms with Crippen LogP contribution in [0.15, 0.2) is 40.0 Å². The van der Waals surface area contributed by atoms with Crippen molar-refractivity contribution in [2.45, 2.75) is 23.9 Å². The zero-order chi connectivity index (χ0) is 28.8. The van der Waals surface area contributed by atoms with Crippen molar-refractivity contribution >= 4 is 56.7 Å². The van der Waals surface area contributed by atoms with E-state index in [-0.39, 0.29) is 27.9 Å². The molecule has 0 saturated carbocycles. The van der Waals surface area contributed by atoms with Crippen molar-refractivity contribution in [3.8, 4) is 0 Å². The maximum absolute atomic E-state index is 12.9. The van der Waals surface area contributed by atoms with Crippen molar-refractivity contribution < 1.29 is 40.9 Å². The highest BCUT2D eigenvalue weighted by Gasteiger charge is 2.43. The second-order valence-electron chi connectivity index (χ2n) is 7.21. The molecule has 19 heteroatoms. The van der Waals surface area contributed by atoms with Crippen LogP contribution in [0.2, 0.25) is 10.0 Å². The summed E-state index contributed by atoms with van der Waals surface area (Å²) in [5, 5.41) is 8.96. The van der Waals surface area contributed by atoms with Gasteiger partial charge in [0, 0.05) is 11.6 Å². The van der Waals surface area contributed by atoms with E-state index in [4.69, 9.17) is 39.2 Å². The van der Waals surface area contributed by atoms with Gasteiger partial charge in [-0.2, -0.15) is 13.2 Å². The zero-order valence-corrected chi connectivity index (χ0v) is 21.4. The predicted octanol–water partition coefficient (Wildman–Crippen LogP) is 1.11. The summed E-state index contributed by atoms with van der Waals surface area (Å²) < 4.78 is 65.9. The molecule has 1 unspecified atom stereocenters. The number of pyridine rings is 1. The van der Waals surface area contributed by atoms with E-state index in [0.29, 0.717) is 0 Å². The third-order valence-electron chi connectivity index (χ3n) is 4.43. The van der Waals surface area contributed by atoms with E-state index < -0.39 is 61.8 Å². The highest BCUT2D eigenvalue weighted by Crippen LogP contribution is 2.27. The molecule has 0 bridgehead atoms. The number of alkyl halides is 3. The molecular formula is C19H19Cl2F3N6O7S. The van der Waals surface area contributed by atoms with Gasteiger partial charge < -0.3 is 15.9 Å². The van der Waals surface area contributed by atoms with Crippen molar-refractivity contribution in [2.24, 2.45) is 5.73 Å². The van der Waals surface area contributed by atoms with Gasteiger partial charge in [-0.15, -0.1) is 4.73 Å². The van der Waals surface area contributed by atoms with Gasteiger partial charge in [-0.3, -0.25) is 24.6 Å². The molecule has 6 N–H and O–H groups in total. The van der Waals surface area contributed by atoms with Crippen LogP contribution < -0.4 is 31.6 Å². The number of halogens is 5. The number of hydrogen-bond acceptors (Lipinski definition) is 8. The summed E-state index contributed by atoms with van der Waals surface area (Å²) in [6.07, 6.45) is -5.53. The summed E-state index contributed by atoms with van der Waals surface area (Å²) in [5.41, 5.74) is 4.10. The van der Waals surface area contributed by atoms with E-state index in [1.54, 1.807) is 0 Å². The van der Waals surface area contributed by atoms with E-state index in [1.807, 2.05) is 10.2 Å². The number of aromatic nitrogens is 1. The third kappa shape index (κ3) is 7.98. The number of carbonyl (C=O) groups is 2. The largest absolute Gasteiger partial charge is 0.493 e. The quantitative estimate of drug-likeness (QED) is 0.114. The minimum Gasteiger partial charge on any atom is -0.368 e. The first-order chi connectivity index (χ1) is 17.5. The maximum atomic E-state index is 12.9. The number of amides is 1. The van der Waals surface area contributed by atoms with E-state index in [2.05, 4.69) is 10.2 Å². The van der Waals surface area contributed by atoms with Gasteiger partial charge in [0.1, 0.15) is 10.6 Å². The molecule has 1 atom stereocenters. The molecule has 2 aromatic rings. The number of nitrogens with two attached hydrogens (primary N) is 1. The number of nitrogens with zero attached hydrogens (tertiary/aromatic N) is 1. The summed E-state index contributed by atoms with van der Waals surface area (Å²) in [6.45, 7) is 0.835. The fourth-order valence-corrected chi connectivity index (χ4v) is 4.51. The van der Waals surface area contributed by atoms with Gasteiger partial charge in [-0.25, -0.2) is 18.7 Å². The number of benzene rings is 1. The standard InChI is InChI=1S/C19H19Cl2F3N6O7S/c1-9(15(31)27-6-7-36-28-18(25)26)13-5-4-12(16(32)30(13)37-17(33)19(22,23)24)29-38(34,35)14-8-10(20)2-3-11(14)21/h2-5,8-9,29H,6-7H2,1H3,(H,27,31)(H4,25,26,28). The van der Waals surface area contributed by atoms with E-state index in [0.717, 1.165) is 24.3 Å². The van der Waals surface area contributed by atoms with Crippen LogP contribution in [0, 0.1) is 5.41 Å². The molecule has 0 fully saturated rings. The van der Waals surface area contributed by atoms with Crippen LogP contribution in [-0.2, 0) is 24.4 Å². The number of rotatable bonds is 10. The monoisotopic (exact) mass is 602 g/mol. The molecule has 1 aromatic carbocycles. The Balaban J connectivity index is 2.43. The molecule has 0 aliphatic heterocycles. The van der Waals surface area contributed by atoms with Crippen LogP contribution in [0.25, 0.3) is 0 Å². The van der Waals surface area contributed by atoms with Gasteiger partial charge in [0.25, 0.3) is 10.0 Å². The first-order valence-corrected chi connectivity index (χ1v) is 12.3. The molecule has 0 radical (unpaired) electrons. The average Bonchev–Trinajstić information content (AvgIpc) is 2.81.